The van der Waals surface area contributed by atoms with Gasteiger partial charge < -0.3 is 0 Å². The number of hydrogen-bond acceptors (Lipinski definition) is 3. The van der Waals surface area contributed by atoms with E-state index in [2.05, 4.69) is 22.0 Å². The summed E-state index contributed by atoms with van der Waals surface area (Å²) in [5.74, 6) is 0. The molecule has 0 spiro atoms. The minimum absolute atomic E-state index is 0.268. The van der Waals surface area contributed by atoms with Gasteiger partial charge in [-0.15, -0.1) is 28.4 Å². The molecular formula is C6H6ClN3. The Morgan fingerprint density at radius 1 is 1.70 bits per heavy atom. The average molecular weight is 156 g/mol. The van der Waals surface area contributed by atoms with Crippen LogP contribution >= 0.6 is 11.6 Å². The van der Waals surface area contributed by atoms with Crippen molar-refractivity contribution in [2.75, 3.05) is 0 Å². The van der Waals surface area contributed by atoms with E-state index in [1.165, 1.54) is 0 Å². The van der Waals surface area contributed by atoms with Crippen molar-refractivity contribution in [1.82, 2.24) is 15.4 Å². The normalized spacial score (nSPS) is 12.5. The number of aromatic nitrogens is 3. The van der Waals surface area contributed by atoms with E-state index >= 15 is 0 Å². The molecule has 1 aromatic rings. The van der Waals surface area contributed by atoms with Crippen LogP contribution in [0.4, 0.5) is 0 Å². The Morgan fingerprint density at radius 2 is 2.50 bits per heavy atom. The molecule has 3 nitrogen and oxygen atoms in total. The Labute approximate surface area is 63.7 Å². The van der Waals surface area contributed by atoms with Gasteiger partial charge in [0.2, 0.25) is 0 Å². The summed E-state index contributed by atoms with van der Waals surface area (Å²) in [7, 11) is 0. The summed E-state index contributed by atoms with van der Waals surface area (Å²) >= 11 is 5.74. The molecule has 0 aliphatic heterocycles. The summed E-state index contributed by atoms with van der Waals surface area (Å²) in [6.45, 7) is 3.52. The van der Waals surface area contributed by atoms with Gasteiger partial charge in [0.1, 0.15) is 0 Å². The molecule has 0 saturated carbocycles. The quantitative estimate of drug-likeness (QED) is 0.478. The summed E-state index contributed by atoms with van der Waals surface area (Å²) in [5.41, 5.74) is 0.673. The molecule has 0 amide bonds. The summed E-state index contributed by atoms with van der Waals surface area (Å²) in [5, 5.41) is 10.3. The minimum Gasteiger partial charge on any atom is -0.139 e. The average Bonchev–Trinajstić information content (AvgIpc) is 2.05. The molecule has 0 N–H and O–H groups in total. The molecule has 1 rings (SSSR count). The molecule has 1 atom stereocenters. The predicted octanol–water partition coefficient (Wildman–Crippen LogP) is 1.34. The fraction of sp³-hybridized carbons (Fsp3) is 0.167. The maximum atomic E-state index is 5.74. The van der Waals surface area contributed by atoms with Crippen LogP contribution in [-0.4, -0.2) is 15.4 Å². The van der Waals surface area contributed by atoms with Crippen LogP contribution in [0, 0.1) is 0 Å². The fourth-order valence-corrected chi connectivity index (χ4v) is 0.635. The standard InChI is InChI=1S/C6H6ClN3/c1-2-5(7)6-3-4-8-10-9-6/h2-5H,1H2. The van der Waals surface area contributed by atoms with E-state index in [1.54, 1.807) is 18.3 Å². The van der Waals surface area contributed by atoms with E-state index < -0.39 is 0 Å². The molecular weight excluding hydrogens is 150 g/mol. The first-order chi connectivity index (χ1) is 4.84. The van der Waals surface area contributed by atoms with E-state index in [0.717, 1.165) is 0 Å². The molecule has 0 aliphatic rings. The van der Waals surface area contributed by atoms with Gasteiger partial charge in [-0.3, -0.25) is 0 Å². The summed E-state index contributed by atoms with van der Waals surface area (Å²) in [6, 6.07) is 1.70. The van der Waals surface area contributed by atoms with Gasteiger partial charge in [0.15, 0.2) is 0 Å². The zero-order valence-corrected chi connectivity index (χ0v) is 5.99. The largest absolute Gasteiger partial charge is 0.139 e. The van der Waals surface area contributed by atoms with E-state index in [9.17, 15) is 0 Å². The summed E-state index contributed by atoms with van der Waals surface area (Å²) in [4.78, 5) is 0. The van der Waals surface area contributed by atoms with Crippen LogP contribution in [0.25, 0.3) is 0 Å². The van der Waals surface area contributed by atoms with Crippen LogP contribution in [0.15, 0.2) is 24.9 Å². The molecule has 0 saturated heterocycles. The molecule has 1 aromatic heterocycles. The zero-order chi connectivity index (χ0) is 7.40. The summed E-state index contributed by atoms with van der Waals surface area (Å²) in [6.07, 6.45) is 3.13. The predicted molar refractivity (Wildman–Crippen MR) is 38.6 cm³/mol. The topological polar surface area (TPSA) is 38.7 Å². The van der Waals surface area contributed by atoms with E-state index in [0.29, 0.717) is 5.69 Å². The van der Waals surface area contributed by atoms with Crippen molar-refractivity contribution in [2.45, 2.75) is 5.38 Å². The third kappa shape index (κ3) is 1.51. The van der Waals surface area contributed by atoms with Crippen LogP contribution in [0.5, 0.6) is 0 Å². The Kier molecular flexibility index (Phi) is 2.34. The van der Waals surface area contributed by atoms with E-state index in [-0.39, 0.29) is 5.38 Å². The van der Waals surface area contributed by atoms with Crippen molar-refractivity contribution in [2.24, 2.45) is 0 Å². The van der Waals surface area contributed by atoms with Crippen LogP contribution in [0.3, 0.4) is 0 Å². The zero-order valence-electron chi connectivity index (χ0n) is 5.24. The second-order valence-corrected chi connectivity index (χ2v) is 2.15. The third-order valence-corrected chi connectivity index (χ3v) is 1.42. The lowest BCUT2D eigenvalue weighted by Gasteiger charge is -1.97. The van der Waals surface area contributed by atoms with Crippen molar-refractivity contribution >= 4 is 11.6 Å². The Hall–Kier alpha value is -0.960. The number of hydrogen-bond donors (Lipinski definition) is 0. The van der Waals surface area contributed by atoms with Crippen LogP contribution in [0.2, 0.25) is 0 Å². The maximum absolute atomic E-state index is 5.74. The SMILES string of the molecule is C=CC(Cl)c1ccnnn1. The molecule has 1 heterocycles. The lowest BCUT2D eigenvalue weighted by atomic mass is 10.3. The number of alkyl halides is 1. The highest BCUT2D eigenvalue weighted by Crippen LogP contribution is 2.16. The van der Waals surface area contributed by atoms with Crippen molar-refractivity contribution < 1.29 is 0 Å². The smallest absolute Gasteiger partial charge is 0.0954 e. The van der Waals surface area contributed by atoms with Gasteiger partial charge >= 0.3 is 0 Å². The van der Waals surface area contributed by atoms with Crippen LogP contribution in [-0.2, 0) is 0 Å². The lowest BCUT2D eigenvalue weighted by Crippen LogP contribution is -1.94. The van der Waals surface area contributed by atoms with Gasteiger partial charge in [-0.1, -0.05) is 6.08 Å². The van der Waals surface area contributed by atoms with Gasteiger partial charge in [0.25, 0.3) is 0 Å². The van der Waals surface area contributed by atoms with Gasteiger partial charge in [0.05, 0.1) is 17.3 Å². The molecule has 0 aromatic carbocycles. The van der Waals surface area contributed by atoms with Crippen molar-refractivity contribution in [1.29, 1.82) is 0 Å². The molecule has 1 unspecified atom stereocenters. The number of halogens is 1. The number of allylic oxidation sites excluding steroid dienone is 1. The fourth-order valence-electron chi connectivity index (χ4n) is 0.518. The lowest BCUT2D eigenvalue weighted by molar-refractivity contribution is 0.819. The second kappa shape index (κ2) is 3.27. The monoisotopic (exact) mass is 155 g/mol. The number of rotatable bonds is 2. The molecule has 0 bridgehead atoms. The molecule has 0 aliphatic carbocycles. The molecule has 52 valence electrons. The number of nitrogens with zero attached hydrogens (tertiary/aromatic N) is 3. The van der Waals surface area contributed by atoms with Crippen LogP contribution in [0.1, 0.15) is 11.1 Å². The van der Waals surface area contributed by atoms with Gasteiger partial charge in [-0.25, -0.2) is 0 Å². The minimum atomic E-state index is -0.268. The second-order valence-electron chi connectivity index (χ2n) is 1.68. The first-order valence-corrected chi connectivity index (χ1v) is 3.19. The van der Waals surface area contributed by atoms with Gasteiger partial charge in [-0.05, 0) is 11.3 Å². The first kappa shape index (κ1) is 7.15. The van der Waals surface area contributed by atoms with Crippen LogP contribution < -0.4 is 0 Å². The molecule has 4 heteroatoms. The first-order valence-electron chi connectivity index (χ1n) is 2.75. The van der Waals surface area contributed by atoms with Gasteiger partial charge in [-0.2, -0.15) is 0 Å². The third-order valence-electron chi connectivity index (χ3n) is 1.01. The van der Waals surface area contributed by atoms with E-state index in [4.69, 9.17) is 11.6 Å². The van der Waals surface area contributed by atoms with E-state index in [1.807, 2.05) is 0 Å². The highest BCUT2D eigenvalue weighted by atomic mass is 35.5. The molecule has 10 heavy (non-hydrogen) atoms. The maximum Gasteiger partial charge on any atom is 0.0954 e. The Balaban J connectivity index is 2.84. The van der Waals surface area contributed by atoms with Gasteiger partial charge in [0, 0.05) is 0 Å². The molecule has 0 fully saturated rings. The van der Waals surface area contributed by atoms with Crippen molar-refractivity contribution in [3.05, 3.63) is 30.6 Å². The molecule has 0 radical (unpaired) electrons. The van der Waals surface area contributed by atoms with Crippen molar-refractivity contribution in [3.63, 3.8) is 0 Å². The highest BCUT2D eigenvalue weighted by Gasteiger charge is 2.02. The summed E-state index contributed by atoms with van der Waals surface area (Å²) < 4.78 is 0. The Bertz CT molecular complexity index is 211. The Morgan fingerprint density at radius 3 is 3.00 bits per heavy atom. The van der Waals surface area contributed by atoms with Crippen molar-refractivity contribution in [3.8, 4) is 0 Å². The highest BCUT2D eigenvalue weighted by molar-refractivity contribution is 6.21.